The average molecular weight is 1120 g/mol. The second-order valence-corrected chi connectivity index (χ2v) is 23.7. The van der Waals surface area contributed by atoms with Gasteiger partial charge in [-0.15, -0.1) is 0 Å². The molecule has 0 aliphatic rings. The van der Waals surface area contributed by atoms with Gasteiger partial charge >= 0.3 is 5.97 Å². The van der Waals surface area contributed by atoms with Gasteiger partial charge in [-0.25, -0.2) is 0 Å². The van der Waals surface area contributed by atoms with Crippen molar-refractivity contribution in [2.45, 2.75) is 204 Å². The number of aliphatic hydroxyl groups is 1. The van der Waals surface area contributed by atoms with Crippen molar-refractivity contribution >= 4 is 59.0 Å². The van der Waals surface area contributed by atoms with E-state index in [0.29, 0.717) is 12.8 Å². The number of nitrogens with two attached hydrogens (primary N) is 1. The molecule has 8 amide bonds. The number of rotatable bonds is 34. The highest BCUT2D eigenvalue weighted by molar-refractivity contribution is 5.98. The minimum Gasteiger partial charge on any atom is -0.459 e. The van der Waals surface area contributed by atoms with Crippen LogP contribution in [0.1, 0.15) is 149 Å². The molecule has 0 unspecified atom stereocenters. The number of ketones is 1. The van der Waals surface area contributed by atoms with Crippen LogP contribution in [0.15, 0.2) is 12.2 Å². The number of ether oxygens (including phenoxy) is 1. The fraction of sp³-hybridized carbons (Fsp3) is 0.793. The molecule has 0 heterocycles. The van der Waals surface area contributed by atoms with Crippen molar-refractivity contribution in [3.05, 3.63) is 12.2 Å². The monoisotopic (exact) mass is 1120 g/mol. The van der Waals surface area contributed by atoms with Crippen LogP contribution in [0.5, 0.6) is 0 Å². The standard InChI is InChI=1S/C58H105N9O12/c1-23-25-26-38(13)50(79-41(16)69)49(52(72)61-42(24-2)54(74)62(17)27-28-68)67(22)58(78)48(37(11)12)66(21)56(76)45(31-35(7)8)65(20)55(75)44(30-34(5)6)64(19)53(73)40(15)60-51(71)39(14)32-46(70)43(29-33(3)4)63(18)57(77)47(59)36(9)10/h23,25,33-40,42-45,47-50,68H,24,26-32,59H2,1-22H3,(H,60,71)(H,61,72)/b25-23+/t38-,39-,40-,42+,43+,44+,45+,47+,48+,49+,50-/m1/s1. The Hall–Kier alpha value is -5.44. The van der Waals surface area contributed by atoms with Gasteiger partial charge in [0, 0.05) is 68.1 Å². The maximum absolute atomic E-state index is 15.1. The van der Waals surface area contributed by atoms with Gasteiger partial charge in [-0.2, -0.15) is 0 Å². The van der Waals surface area contributed by atoms with Crippen molar-refractivity contribution in [2.24, 2.45) is 47.2 Å². The number of hydrogen-bond acceptors (Lipinski definition) is 13. The zero-order valence-electron chi connectivity index (χ0n) is 52.2. The normalized spacial score (nSPS) is 16.0. The quantitative estimate of drug-likeness (QED) is 0.0527. The number of hydrogen-bond donors (Lipinski definition) is 4. The second-order valence-electron chi connectivity index (χ2n) is 23.7. The highest BCUT2D eigenvalue weighted by atomic mass is 16.5. The molecule has 0 saturated carbocycles. The molecule has 21 nitrogen and oxygen atoms in total. The smallest absolute Gasteiger partial charge is 0.303 e. The van der Waals surface area contributed by atoms with Gasteiger partial charge in [0.05, 0.1) is 18.7 Å². The summed E-state index contributed by atoms with van der Waals surface area (Å²) < 4.78 is 5.84. The van der Waals surface area contributed by atoms with E-state index >= 15 is 9.59 Å². The first-order valence-corrected chi connectivity index (χ1v) is 28.3. The predicted octanol–water partition coefficient (Wildman–Crippen LogP) is 3.88. The number of esters is 1. The summed E-state index contributed by atoms with van der Waals surface area (Å²) in [6, 6.07) is -8.82. The molecule has 0 aromatic rings. The summed E-state index contributed by atoms with van der Waals surface area (Å²) in [7, 11) is 8.79. The molecule has 0 bridgehead atoms. The van der Waals surface area contributed by atoms with E-state index in [1.165, 1.54) is 73.6 Å². The molecule has 0 aromatic carbocycles. The van der Waals surface area contributed by atoms with Gasteiger partial charge in [0.2, 0.25) is 47.3 Å². The number of nitrogens with one attached hydrogen (secondary N) is 2. The van der Waals surface area contributed by atoms with Crippen molar-refractivity contribution in [2.75, 3.05) is 55.4 Å². The number of nitrogens with zero attached hydrogens (tertiary/aromatic N) is 6. The van der Waals surface area contributed by atoms with E-state index in [-0.39, 0.29) is 74.2 Å². The molecule has 454 valence electrons. The van der Waals surface area contributed by atoms with Crippen molar-refractivity contribution in [1.82, 2.24) is 40.0 Å². The summed E-state index contributed by atoms with van der Waals surface area (Å²) in [6.07, 6.45) is 3.42. The molecule has 0 spiro atoms. The van der Waals surface area contributed by atoms with Gasteiger partial charge in [-0.3, -0.25) is 47.9 Å². The van der Waals surface area contributed by atoms with Crippen molar-refractivity contribution in [1.29, 1.82) is 0 Å². The average Bonchev–Trinajstić information content (AvgIpc) is 3.36. The molecular formula is C58H105N9O12. The molecule has 79 heavy (non-hydrogen) atoms. The van der Waals surface area contributed by atoms with Gasteiger partial charge in [-0.1, -0.05) is 102 Å². The highest BCUT2D eigenvalue weighted by Crippen LogP contribution is 2.27. The van der Waals surface area contributed by atoms with Crippen LogP contribution < -0.4 is 16.4 Å². The van der Waals surface area contributed by atoms with E-state index in [1.54, 1.807) is 47.7 Å². The Labute approximate surface area is 473 Å². The largest absolute Gasteiger partial charge is 0.459 e. The first-order chi connectivity index (χ1) is 36.5. The molecule has 5 N–H and O–H groups in total. The Morgan fingerprint density at radius 1 is 0.570 bits per heavy atom. The number of amides is 8. The minimum atomic E-state index is -1.50. The van der Waals surface area contributed by atoms with Gasteiger partial charge < -0.3 is 55.6 Å². The molecular weight excluding hydrogens is 1010 g/mol. The van der Waals surface area contributed by atoms with Crippen LogP contribution in [0.25, 0.3) is 0 Å². The Balaban J connectivity index is 7.16. The van der Waals surface area contributed by atoms with Crippen LogP contribution in [0, 0.1) is 41.4 Å². The van der Waals surface area contributed by atoms with Gasteiger partial charge in [0.1, 0.15) is 42.4 Å². The molecule has 0 fully saturated rings. The Bertz CT molecular complexity index is 2060. The van der Waals surface area contributed by atoms with E-state index in [9.17, 15) is 43.5 Å². The number of Topliss-reactive ketones (excluding diaryl/α,β-unsaturated/α-hetero) is 1. The van der Waals surface area contributed by atoms with E-state index in [0.717, 1.165) is 4.90 Å². The molecule has 0 radical (unpaired) electrons. The van der Waals surface area contributed by atoms with Gasteiger partial charge in [0.15, 0.2) is 5.78 Å². The molecule has 0 saturated heterocycles. The topological polar surface area (TPSA) is 270 Å². The third kappa shape index (κ3) is 22.2. The minimum absolute atomic E-state index is 0.00949. The molecule has 0 aliphatic carbocycles. The van der Waals surface area contributed by atoms with Crippen molar-refractivity contribution in [3.63, 3.8) is 0 Å². The Morgan fingerprint density at radius 2 is 1.03 bits per heavy atom. The van der Waals surface area contributed by atoms with Crippen LogP contribution in [0.4, 0.5) is 0 Å². The van der Waals surface area contributed by atoms with Crippen molar-refractivity contribution in [3.8, 4) is 0 Å². The summed E-state index contributed by atoms with van der Waals surface area (Å²) in [5.74, 6) is -8.05. The van der Waals surface area contributed by atoms with Crippen molar-refractivity contribution < 1.29 is 57.8 Å². The molecule has 0 aromatic heterocycles. The maximum atomic E-state index is 15.1. The fourth-order valence-corrected chi connectivity index (χ4v) is 9.62. The lowest BCUT2D eigenvalue weighted by Crippen LogP contribution is -2.64. The number of carbonyl (C=O) groups is 10. The molecule has 0 aliphatic heterocycles. The van der Waals surface area contributed by atoms with E-state index in [4.69, 9.17) is 10.5 Å². The zero-order valence-corrected chi connectivity index (χ0v) is 52.2. The molecule has 21 heteroatoms. The van der Waals surface area contributed by atoms with Crippen LogP contribution in [-0.4, -0.2) is 203 Å². The summed E-state index contributed by atoms with van der Waals surface area (Å²) in [6.45, 7) is 27.7. The summed E-state index contributed by atoms with van der Waals surface area (Å²) in [5.41, 5.74) is 6.16. The number of allylic oxidation sites excluding steroid dienone is 2. The zero-order chi connectivity index (χ0) is 61.7. The van der Waals surface area contributed by atoms with Crippen LogP contribution in [-0.2, 0) is 52.7 Å². The van der Waals surface area contributed by atoms with Crippen LogP contribution in [0.2, 0.25) is 0 Å². The Kier molecular flexibility index (Phi) is 32.3. The van der Waals surface area contributed by atoms with E-state index in [2.05, 4.69) is 10.6 Å². The second kappa shape index (κ2) is 34.6. The third-order valence-electron chi connectivity index (χ3n) is 14.6. The summed E-state index contributed by atoms with van der Waals surface area (Å²) in [4.78, 5) is 148. The SMILES string of the molecule is C/C=C/C[C@@H](C)[C@@H](OC(C)=O)[C@@H](C(=O)N[C@@H](CC)C(=O)N(C)CCO)N(C)C(=O)[C@H](C(C)C)N(C)C(=O)[C@H](CC(C)C)N(C)C(=O)[C@H](CC(C)C)N(C)C(=O)[C@@H](C)NC(=O)[C@H](C)CC(=O)[C@H](CC(C)C)N(C)C(=O)[C@@H](N)C(C)C. The first kappa shape index (κ1) is 73.6. The lowest BCUT2D eigenvalue weighted by atomic mass is 9.91. The van der Waals surface area contributed by atoms with Gasteiger partial charge in [0.25, 0.3) is 0 Å². The highest BCUT2D eigenvalue weighted by Gasteiger charge is 2.46. The lowest BCUT2D eigenvalue weighted by molar-refractivity contribution is -0.164. The molecule has 11 atom stereocenters. The maximum Gasteiger partial charge on any atom is 0.303 e. The van der Waals surface area contributed by atoms with E-state index < -0.39 is 120 Å². The predicted molar refractivity (Wildman–Crippen MR) is 306 cm³/mol. The number of likely N-dealkylation sites (N-methyl/N-ethyl adjacent to an activating group) is 6. The van der Waals surface area contributed by atoms with E-state index in [1.807, 2.05) is 68.4 Å². The van der Waals surface area contributed by atoms with Gasteiger partial charge in [-0.05, 0) is 81.5 Å². The van der Waals surface area contributed by atoms with Crippen LogP contribution >= 0.6 is 0 Å². The first-order valence-electron chi connectivity index (χ1n) is 28.3. The van der Waals surface area contributed by atoms with Crippen LogP contribution in [0.3, 0.4) is 0 Å². The summed E-state index contributed by atoms with van der Waals surface area (Å²) in [5, 5.41) is 15.0. The molecule has 0 rings (SSSR count). The number of aliphatic hydroxyl groups excluding tert-OH is 1. The fourth-order valence-electron chi connectivity index (χ4n) is 9.62. The third-order valence-corrected chi connectivity index (χ3v) is 14.6. The Morgan fingerprint density at radius 3 is 1.46 bits per heavy atom. The number of carbonyl (C=O) groups excluding carboxylic acids is 10. The lowest BCUT2D eigenvalue weighted by Gasteiger charge is -2.42. The summed E-state index contributed by atoms with van der Waals surface area (Å²) >= 11 is 0.